The minimum absolute atomic E-state index is 0. The van der Waals surface area contributed by atoms with Gasteiger partial charge in [-0.25, -0.2) is 4.98 Å². The van der Waals surface area contributed by atoms with Crippen molar-refractivity contribution in [2.24, 2.45) is 0 Å². The van der Waals surface area contributed by atoms with E-state index in [2.05, 4.69) is 243 Å². The van der Waals surface area contributed by atoms with E-state index in [1.165, 1.54) is 31.9 Å². The predicted octanol–water partition coefficient (Wildman–Crippen LogP) is 17.5. The monoisotopic (exact) mass is 1280 g/mol. The Morgan fingerprint density at radius 1 is 0.482 bits per heavy atom. The molecule has 1 aromatic heterocycles. The van der Waals surface area contributed by atoms with Gasteiger partial charge in [-0.1, -0.05) is 232 Å². The third-order valence-corrected chi connectivity index (χ3v) is 21.6. The molecule has 9 aromatic carbocycles. The first-order chi connectivity index (χ1) is 41.2. The number of fused-ring (bicyclic) bond motifs is 6. The van der Waals surface area contributed by atoms with Gasteiger partial charge in [-0.3, -0.25) is 0 Å². The number of pyridine rings is 1. The van der Waals surface area contributed by atoms with Crippen LogP contribution in [0.15, 0.2) is 206 Å². The molecule has 0 fully saturated rings. The van der Waals surface area contributed by atoms with Crippen LogP contribution in [-0.4, -0.2) is 13.1 Å². The van der Waals surface area contributed by atoms with Gasteiger partial charge in [0.05, 0.1) is 6.85 Å². The van der Waals surface area contributed by atoms with Crippen molar-refractivity contribution in [1.29, 1.82) is 0 Å². The van der Waals surface area contributed by atoms with Crippen LogP contribution in [0.25, 0.3) is 33.4 Å². The first kappa shape index (κ1) is 49.8. The van der Waals surface area contributed by atoms with E-state index < -0.39 is 19.5 Å². The van der Waals surface area contributed by atoms with Gasteiger partial charge in [0.1, 0.15) is 13.9 Å². The van der Waals surface area contributed by atoms with Crippen molar-refractivity contribution in [2.75, 3.05) is 14.7 Å². The quantitative estimate of drug-likeness (QED) is 0.112. The van der Waals surface area contributed by atoms with Crippen LogP contribution in [0, 0.1) is 18.8 Å². The normalized spacial score (nSPS) is 16.1. The van der Waals surface area contributed by atoms with Gasteiger partial charge in [-0.2, -0.15) is 6.07 Å². The molecule has 3 aliphatic rings. The molecule has 0 aliphatic carbocycles. The Morgan fingerprint density at radius 2 is 1.06 bits per heavy atom. The van der Waals surface area contributed by atoms with Crippen LogP contribution < -0.4 is 40.2 Å². The fraction of sp³-hybridized carbons (Fsp3) is 0.211. The van der Waals surface area contributed by atoms with Crippen molar-refractivity contribution < 1.29 is 32.7 Å². The van der Waals surface area contributed by atoms with Crippen LogP contribution in [0.4, 0.5) is 39.9 Å². The molecule has 4 heterocycles. The Morgan fingerprint density at radius 3 is 1.72 bits per heavy atom. The van der Waals surface area contributed by atoms with Crippen molar-refractivity contribution in [3.63, 3.8) is 0 Å². The SMILES string of the molecule is [2H]c1c([2H])c([2H])c(-c2cc(C(C)(C)C)cc(-c3cc(C(C)(C)C)cc(C(C)(C)C)c3)c2N2[CH-]N(c3[c-]c(Oc4[c-]c5c6c(c4)-c4ccccc4[Si]6(c4ccccc4)c4ccccc4N5c4cc(C(C)(C)C)ccn4)ccc3)c3ccccc32)c([2H])c1[2H].[Pt]. The third kappa shape index (κ3) is 9.57. The summed E-state index contributed by atoms with van der Waals surface area (Å²) >= 11 is 0. The molecule has 13 rings (SSSR count). The van der Waals surface area contributed by atoms with E-state index in [-0.39, 0.29) is 67.0 Å². The number of ether oxygens (including phenoxy) is 1. The zero-order chi connectivity index (χ0) is 61.4. The Balaban J connectivity index is 0.00000754. The van der Waals surface area contributed by atoms with Crippen LogP contribution in [0.2, 0.25) is 0 Å². The van der Waals surface area contributed by atoms with Crippen LogP contribution in [0.3, 0.4) is 0 Å². The standard InChI is InChI=1S/C76H71N4OSi.Pt/c1-73(2,3)52-38-39-77-70(45-52)80-66-35-22-24-37-69(66)82(59-30-17-14-18-31-59)68-36-23-19-32-60(68)63-47-58(48-67(80)72(63)82)81-57-29-25-28-56(46-57)78-49-79(65-34-21-20-33-64(65)78)71-61(50-26-15-13-16-27-50)43-55(76(10,11)12)44-62(71)51-40-53(74(4,5)6)42-54(41-51)75(7,8)9;/h13-45,47,49H,1-12H3;/q-3;/i13D,15D,16D,26D,27D;. The molecular weight excluding hydrogens is 1210 g/mol. The maximum Gasteiger partial charge on any atom is 0.135 e. The second kappa shape index (κ2) is 20.5. The number of para-hydroxylation sites is 3. The second-order valence-corrected chi connectivity index (χ2v) is 29.9. The molecule has 0 saturated carbocycles. The molecule has 0 bridgehead atoms. The van der Waals surface area contributed by atoms with Gasteiger partial charge in [0.15, 0.2) is 0 Å². The van der Waals surface area contributed by atoms with Crippen LogP contribution in [-0.2, 0) is 42.7 Å². The summed E-state index contributed by atoms with van der Waals surface area (Å²) in [5, 5.41) is 5.17. The van der Waals surface area contributed by atoms with E-state index in [0.29, 0.717) is 28.4 Å². The number of nitrogens with zero attached hydrogens (tertiary/aromatic N) is 4. The van der Waals surface area contributed by atoms with Gasteiger partial charge in [0.25, 0.3) is 0 Å². The summed E-state index contributed by atoms with van der Waals surface area (Å²) in [7, 11) is -2.97. The number of rotatable bonds is 8. The molecule has 0 saturated heterocycles. The van der Waals surface area contributed by atoms with Gasteiger partial charge in [-0.15, -0.1) is 53.4 Å². The summed E-state index contributed by atoms with van der Waals surface area (Å²) in [5.74, 6) is 1.82. The topological polar surface area (TPSA) is 31.8 Å². The molecule has 7 heteroatoms. The molecule has 83 heavy (non-hydrogen) atoms. The van der Waals surface area contributed by atoms with Crippen molar-refractivity contribution in [1.82, 2.24) is 4.98 Å². The van der Waals surface area contributed by atoms with Crippen LogP contribution >= 0.6 is 0 Å². The Kier molecular flexibility index (Phi) is 12.3. The molecular formula is C76H71N4OPtSi-3. The summed E-state index contributed by atoms with van der Waals surface area (Å²) in [5.41, 5.74) is 13.3. The average molecular weight is 1280 g/mol. The molecule has 1 atom stereocenters. The smallest absolute Gasteiger partial charge is 0.135 e. The molecule has 0 N–H and O–H groups in total. The van der Waals surface area contributed by atoms with E-state index >= 15 is 0 Å². The second-order valence-electron chi connectivity index (χ2n) is 26.3. The maximum absolute atomic E-state index is 9.55. The molecule has 418 valence electrons. The van der Waals surface area contributed by atoms with Crippen LogP contribution in [0.5, 0.6) is 11.5 Å². The first-order valence-corrected chi connectivity index (χ1v) is 30.5. The van der Waals surface area contributed by atoms with Crippen molar-refractivity contribution >= 4 is 68.8 Å². The summed E-state index contributed by atoms with van der Waals surface area (Å²) in [6.45, 7) is 28.6. The van der Waals surface area contributed by atoms with E-state index in [4.69, 9.17) is 13.8 Å². The van der Waals surface area contributed by atoms with Crippen molar-refractivity contribution in [3.05, 3.63) is 247 Å². The zero-order valence-corrected chi connectivity index (χ0v) is 52.6. The summed E-state index contributed by atoms with van der Waals surface area (Å²) < 4.78 is 53.0. The molecule has 0 amide bonds. The fourth-order valence-electron chi connectivity index (χ4n) is 12.3. The van der Waals surface area contributed by atoms with E-state index in [9.17, 15) is 2.74 Å². The molecule has 0 spiro atoms. The van der Waals surface area contributed by atoms with Gasteiger partial charge in [0, 0.05) is 72.6 Å². The fourth-order valence-corrected chi connectivity index (χ4v) is 17.8. The van der Waals surface area contributed by atoms with Crippen molar-refractivity contribution in [3.8, 4) is 44.9 Å². The average Bonchev–Trinajstić information content (AvgIpc) is 1.46. The molecule has 3 aliphatic heterocycles. The number of benzene rings is 9. The summed E-state index contributed by atoms with van der Waals surface area (Å²) in [6, 6.07) is 66.4. The minimum atomic E-state index is -2.97. The minimum Gasteiger partial charge on any atom is -0.509 e. The summed E-state index contributed by atoms with van der Waals surface area (Å²) in [4.78, 5) is 11.7. The Labute approximate surface area is 515 Å². The number of hydrogen-bond acceptors (Lipinski definition) is 5. The maximum atomic E-state index is 9.55. The van der Waals surface area contributed by atoms with Gasteiger partial charge in [0.2, 0.25) is 0 Å². The third-order valence-electron chi connectivity index (χ3n) is 16.7. The molecule has 1 unspecified atom stereocenters. The number of aromatic nitrogens is 1. The van der Waals surface area contributed by atoms with E-state index in [0.717, 1.165) is 61.9 Å². The van der Waals surface area contributed by atoms with Crippen molar-refractivity contribution in [2.45, 2.75) is 105 Å². The van der Waals surface area contributed by atoms with E-state index in [1.807, 2.05) is 49.3 Å². The predicted molar refractivity (Wildman–Crippen MR) is 346 cm³/mol. The zero-order valence-electron chi connectivity index (χ0n) is 54.3. The van der Waals surface area contributed by atoms with Gasteiger partial charge in [-0.05, 0) is 108 Å². The number of anilines is 7. The first-order valence-electron chi connectivity index (χ1n) is 31.0. The largest absolute Gasteiger partial charge is 0.509 e. The number of hydrogen-bond donors (Lipinski definition) is 0. The Bertz CT molecular complexity index is 4390. The van der Waals surface area contributed by atoms with Gasteiger partial charge >= 0.3 is 0 Å². The molecule has 5 nitrogen and oxygen atoms in total. The Hall–Kier alpha value is -7.76. The van der Waals surface area contributed by atoms with E-state index in [1.54, 1.807) is 0 Å². The molecule has 10 aromatic rings. The summed E-state index contributed by atoms with van der Waals surface area (Å²) in [6.07, 6.45) is 1.92. The van der Waals surface area contributed by atoms with Crippen LogP contribution in [0.1, 0.15) is 112 Å². The van der Waals surface area contributed by atoms with Gasteiger partial charge < -0.3 is 19.4 Å². The molecule has 0 radical (unpaired) electrons.